The lowest BCUT2D eigenvalue weighted by Gasteiger charge is -2.40. The molecule has 1 amide bonds. The minimum absolute atomic E-state index is 0.0857. The molecular weight excluding hydrogens is 374 g/mol. The Morgan fingerprint density at radius 3 is 2.61 bits per heavy atom. The highest BCUT2D eigenvalue weighted by molar-refractivity contribution is 6.31. The molecule has 2 aliphatic rings. The summed E-state index contributed by atoms with van der Waals surface area (Å²) in [5.41, 5.74) is 2.37. The molecule has 5 nitrogen and oxygen atoms in total. The van der Waals surface area contributed by atoms with Crippen molar-refractivity contribution in [2.45, 2.75) is 31.9 Å². The number of nitrogens with zero attached hydrogens (tertiary/aromatic N) is 3. The maximum Gasteiger partial charge on any atom is 0.254 e. The van der Waals surface area contributed by atoms with Crippen molar-refractivity contribution in [1.29, 1.82) is 0 Å². The second-order valence-corrected chi connectivity index (χ2v) is 8.92. The molecule has 1 aromatic heterocycles. The first-order chi connectivity index (χ1) is 13.4. The number of likely N-dealkylation sites (tertiary alicyclic amines) is 1. The Morgan fingerprint density at radius 2 is 1.93 bits per heavy atom. The smallest absolute Gasteiger partial charge is 0.254 e. The van der Waals surface area contributed by atoms with E-state index in [-0.39, 0.29) is 12.0 Å². The van der Waals surface area contributed by atoms with Crippen LogP contribution in [0.25, 0.3) is 10.9 Å². The zero-order valence-corrected chi connectivity index (χ0v) is 17.7. The second kappa shape index (κ2) is 7.62. The number of carbonyl (C=O) groups is 1. The van der Waals surface area contributed by atoms with Crippen LogP contribution in [0.2, 0.25) is 5.02 Å². The zero-order chi connectivity index (χ0) is 20.0. The van der Waals surface area contributed by atoms with Crippen LogP contribution in [0.1, 0.15) is 28.9 Å². The molecule has 6 heteroatoms. The molecule has 2 heterocycles. The quantitative estimate of drug-likeness (QED) is 0.787. The Morgan fingerprint density at radius 1 is 1.21 bits per heavy atom. The van der Waals surface area contributed by atoms with Crippen LogP contribution in [0.3, 0.4) is 0 Å². The van der Waals surface area contributed by atoms with Crippen molar-refractivity contribution in [3.05, 3.63) is 40.5 Å². The summed E-state index contributed by atoms with van der Waals surface area (Å²) in [5, 5.41) is 1.46. The predicted octanol–water partition coefficient (Wildman–Crippen LogP) is 3.62. The lowest BCUT2D eigenvalue weighted by molar-refractivity contribution is -0.0209. The number of fused-ring (bicyclic) bond motifs is 2. The highest BCUT2D eigenvalue weighted by Gasteiger charge is 2.44. The van der Waals surface area contributed by atoms with Gasteiger partial charge in [0, 0.05) is 42.3 Å². The van der Waals surface area contributed by atoms with Crippen LogP contribution >= 0.6 is 11.6 Å². The number of halogens is 1. The molecular formula is C22H28ClN3O2. The predicted molar refractivity (Wildman–Crippen MR) is 112 cm³/mol. The topological polar surface area (TPSA) is 45.7 Å². The van der Waals surface area contributed by atoms with Crippen LogP contribution in [0.4, 0.5) is 0 Å². The number of pyridine rings is 1. The first kappa shape index (κ1) is 19.6. The van der Waals surface area contributed by atoms with E-state index in [4.69, 9.17) is 16.3 Å². The van der Waals surface area contributed by atoms with E-state index in [1.54, 1.807) is 7.11 Å². The van der Waals surface area contributed by atoms with Gasteiger partial charge in [0.25, 0.3) is 5.91 Å². The maximum atomic E-state index is 13.4. The molecule has 0 N–H and O–H groups in total. The fourth-order valence-corrected chi connectivity index (χ4v) is 5.20. The largest absolute Gasteiger partial charge is 0.380 e. The maximum absolute atomic E-state index is 13.4. The number of amides is 1. The Hall–Kier alpha value is -1.69. The van der Waals surface area contributed by atoms with E-state index in [1.165, 1.54) is 0 Å². The van der Waals surface area contributed by atoms with Gasteiger partial charge in [-0.1, -0.05) is 11.6 Å². The highest BCUT2D eigenvalue weighted by Crippen LogP contribution is 2.39. The number of carbonyl (C=O) groups excluding carboxylic acids is 1. The average Bonchev–Trinajstić information content (AvgIpc) is 3.09. The van der Waals surface area contributed by atoms with E-state index >= 15 is 0 Å². The third-order valence-electron chi connectivity index (χ3n) is 6.47. The molecule has 0 spiro atoms. The Kier molecular flexibility index (Phi) is 5.34. The summed E-state index contributed by atoms with van der Waals surface area (Å²) in [6.45, 7) is 3.54. The number of ether oxygens (including phenoxy) is 1. The first-order valence-corrected chi connectivity index (χ1v) is 10.3. The fraction of sp³-hybridized carbons (Fsp3) is 0.545. The Balaban J connectivity index is 1.61. The fourth-order valence-electron chi connectivity index (χ4n) is 5.03. The molecule has 0 radical (unpaired) electrons. The summed E-state index contributed by atoms with van der Waals surface area (Å²) >= 11 is 6.20. The molecule has 0 bridgehead atoms. The molecule has 28 heavy (non-hydrogen) atoms. The van der Waals surface area contributed by atoms with E-state index in [9.17, 15) is 4.79 Å². The Bertz CT molecular complexity index is 901. The number of rotatable bonds is 3. The van der Waals surface area contributed by atoms with Crippen LogP contribution in [-0.4, -0.2) is 67.1 Å². The molecule has 2 fully saturated rings. The van der Waals surface area contributed by atoms with Crippen LogP contribution in [-0.2, 0) is 4.74 Å². The number of methoxy groups -OCH3 is 1. The third-order valence-corrected chi connectivity index (χ3v) is 6.70. The van der Waals surface area contributed by atoms with E-state index in [0.717, 1.165) is 42.5 Å². The van der Waals surface area contributed by atoms with Gasteiger partial charge in [-0.05, 0) is 70.0 Å². The van der Waals surface area contributed by atoms with Gasteiger partial charge in [0.1, 0.15) is 0 Å². The van der Waals surface area contributed by atoms with Gasteiger partial charge in [-0.25, -0.2) is 0 Å². The van der Waals surface area contributed by atoms with Crippen molar-refractivity contribution in [2.75, 3.05) is 34.3 Å². The number of hydrogen-bond acceptors (Lipinski definition) is 4. The summed E-state index contributed by atoms with van der Waals surface area (Å²) < 4.78 is 5.77. The number of likely N-dealkylation sites (N-methyl/N-ethyl adjacent to an activating group) is 1. The monoisotopic (exact) mass is 401 g/mol. The lowest BCUT2D eigenvalue weighted by atomic mass is 9.77. The van der Waals surface area contributed by atoms with Gasteiger partial charge in [0.05, 0.1) is 17.2 Å². The minimum Gasteiger partial charge on any atom is -0.380 e. The lowest BCUT2D eigenvalue weighted by Crippen LogP contribution is -2.47. The van der Waals surface area contributed by atoms with Gasteiger partial charge in [0.2, 0.25) is 0 Å². The summed E-state index contributed by atoms with van der Waals surface area (Å²) in [6.07, 6.45) is 2.31. The van der Waals surface area contributed by atoms with Crippen LogP contribution in [0, 0.1) is 18.8 Å². The van der Waals surface area contributed by atoms with Gasteiger partial charge < -0.3 is 14.5 Å². The summed E-state index contributed by atoms with van der Waals surface area (Å²) in [6, 6.07) is 7.85. The van der Waals surface area contributed by atoms with E-state index < -0.39 is 0 Å². The van der Waals surface area contributed by atoms with Crippen molar-refractivity contribution in [3.63, 3.8) is 0 Å². The van der Waals surface area contributed by atoms with Crippen LogP contribution in [0.5, 0.6) is 0 Å². The number of aryl methyl sites for hydroxylation is 1. The van der Waals surface area contributed by atoms with Gasteiger partial charge in [0.15, 0.2) is 0 Å². The standard InChI is InChI=1S/C22H28ClN3O2/c1-13-7-18(17-10-16(23)5-6-19(17)24-13)22(27)26-11-14-8-20(25(2)3)21(28-4)9-15(14)12-26/h5-7,10,14-15,20-21H,8-9,11-12H2,1-4H3/t14-,15+,20-,21-/m1/s1. The minimum atomic E-state index is 0.0857. The third kappa shape index (κ3) is 3.51. The number of aromatic nitrogens is 1. The molecule has 1 saturated carbocycles. The molecule has 1 aromatic carbocycles. The SMILES string of the molecule is CO[C@@H]1C[C@H]2CN(C(=O)c3cc(C)nc4ccc(Cl)cc34)C[C@H]2C[C@H]1N(C)C. The van der Waals surface area contributed by atoms with E-state index in [2.05, 4.69) is 24.0 Å². The van der Waals surface area contributed by atoms with Crippen molar-refractivity contribution < 1.29 is 9.53 Å². The van der Waals surface area contributed by atoms with Crippen molar-refractivity contribution in [2.24, 2.45) is 11.8 Å². The highest BCUT2D eigenvalue weighted by atomic mass is 35.5. The van der Waals surface area contributed by atoms with Crippen molar-refractivity contribution in [1.82, 2.24) is 14.8 Å². The number of hydrogen-bond donors (Lipinski definition) is 0. The summed E-state index contributed by atoms with van der Waals surface area (Å²) in [7, 11) is 6.03. The molecule has 4 atom stereocenters. The van der Waals surface area contributed by atoms with Gasteiger partial charge in [-0.15, -0.1) is 0 Å². The first-order valence-electron chi connectivity index (χ1n) is 9.92. The van der Waals surface area contributed by atoms with Gasteiger partial charge in [-0.2, -0.15) is 0 Å². The van der Waals surface area contributed by atoms with Gasteiger partial charge >= 0.3 is 0 Å². The van der Waals surface area contributed by atoms with Crippen LogP contribution in [0.15, 0.2) is 24.3 Å². The van der Waals surface area contributed by atoms with Crippen molar-refractivity contribution >= 4 is 28.4 Å². The molecule has 150 valence electrons. The Labute approximate surface area is 171 Å². The molecule has 1 saturated heterocycles. The van der Waals surface area contributed by atoms with Crippen LogP contribution < -0.4 is 0 Å². The molecule has 0 unspecified atom stereocenters. The van der Waals surface area contributed by atoms with E-state index in [0.29, 0.717) is 28.5 Å². The summed E-state index contributed by atoms with van der Waals surface area (Å²) in [4.78, 5) is 22.3. The van der Waals surface area contributed by atoms with Gasteiger partial charge in [-0.3, -0.25) is 9.78 Å². The average molecular weight is 402 g/mol. The summed E-state index contributed by atoms with van der Waals surface area (Å²) in [5.74, 6) is 1.12. The molecule has 1 aliphatic carbocycles. The molecule has 2 aromatic rings. The normalized spacial score (nSPS) is 27.4. The van der Waals surface area contributed by atoms with E-state index in [1.807, 2.05) is 36.1 Å². The number of benzene rings is 1. The molecule has 4 rings (SSSR count). The molecule has 1 aliphatic heterocycles. The zero-order valence-electron chi connectivity index (χ0n) is 17.0. The van der Waals surface area contributed by atoms with Crippen molar-refractivity contribution in [3.8, 4) is 0 Å². The second-order valence-electron chi connectivity index (χ2n) is 8.48.